The normalized spacial score (nSPS) is 22.9. The van der Waals surface area contributed by atoms with Crippen LogP contribution in [-0.2, 0) is 0 Å². The number of rotatable bonds is 1. The molecular weight excluding hydrogens is 219 g/mol. The van der Waals surface area contributed by atoms with Crippen LogP contribution in [0.5, 0.6) is 0 Å². The molecule has 2 nitrogen and oxygen atoms in total. The van der Waals surface area contributed by atoms with Crippen molar-refractivity contribution in [1.29, 1.82) is 0 Å². The van der Waals surface area contributed by atoms with Crippen molar-refractivity contribution in [3.8, 4) is 0 Å². The van der Waals surface area contributed by atoms with Crippen molar-refractivity contribution < 1.29 is 0 Å². The second-order valence-electron chi connectivity index (χ2n) is 3.65. The number of nitrogens with zero attached hydrogens (tertiary/aromatic N) is 1. The molecule has 1 saturated heterocycles. The first-order chi connectivity index (χ1) is 6.66. The highest BCUT2D eigenvalue weighted by atomic mass is 35.5. The van der Waals surface area contributed by atoms with Crippen molar-refractivity contribution in [3.05, 3.63) is 33.8 Å². The molecule has 1 aliphatic rings. The van der Waals surface area contributed by atoms with E-state index in [0.717, 1.165) is 19.5 Å². The van der Waals surface area contributed by atoms with Gasteiger partial charge in [-0.1, -0.05) is 29.3 Å². The monoisotopic (exact) mass is 230 g/mol. The van der Waals surface area contributed by atoms with E-state index in [-0.39, 0.29) is 0 Å². The van der Waals surface area contributed by atoms with Crippen molar-refractivity contribution in [2.75, 3.05) is 13.1 Å². The average Bonchev–Trinajstić information content (AvgIpc) is 2.57. The molecule has 1 unspecified atom stereocenters. The summed E-state index contributed by atoms with van der Waals surface area (Å²) in [6.45, 7) is 1.85. The van der Waals surface area contributed by atoms with Crippen LogP contribution in [0.3, 0.4) is 0 Å². The molecule has 1 fully saturated rings. The third-order valence-corrected chi connectivity index (χ3v) is 3.37. The van der Waals surface area contributed by atoms with E-state index in [1.54, 1.807) is 0 Å². The van der Waals surface area contributed by atoms with Gasteiger partial charge >= 0.3 is 0 Å². The molecule has 0 saturated carbocycles. The number of nitrogens with two attached hydrogens (primary N) is 1. The van der Waals surface area contributed by atoms with Crippen LogP contribution in [0.15, 0.2) is 18.2 Å². The molecule has 0 amide bonds. The Hall–Kier alpha value is -0.280. The second-order valence-corrected chi connectivity index (χ2v) is 4.47. The van der Waals surface area contributed by atoms with Gasteiger partial charge in [-0.05, 0) is 30.0 Å². The summed E-state index contributed by atoms with van der Waals surface area (Å²) in [4.78, 5) is 0. The molecule has 1 atom stereocenters. The minimum atomic E-state index is 0.495. The summed E-state index contributed by atoms with van der Waals surface area (Å²) in [5, 5.41) is 3.07. The minimum Gasteiger partial charge on any atom is -0.269 e. The van der Waals surface area contributed by atoms with Gasteiger partial charge in [0.1, 0.15) is 0 Å². The smallest absolute Gasteiger partial charge is 0.0595 e. The van der Waals surface area contributed by atoms with E-state index in [2.05, 4.69) is 0 Å². The lowest BCUT2D eigenvalue weighted by molar-refractivity contribution is 0.350. The summed E-state index contributed by atoms with van der Waals surface area (Å²) >= 11 is 11.8. The molecule has 0 aliphatic carbocycles. The highest BCUT2D eigenvalue weighted by Crippen LogP contribution is 2.30. The highest BCUT2D eigenvalue weighted by molar-refractivity contribution is 6.42. The van der Waals surface area contributed by atoms with Crippen LogP contribution in [-0.4, -0.2) is 18.1 Å². The molecule has 2 N–H and O–H groups in total. The van der Waals surface area contributed by atoms with E-state index in [1.807, 2.05) is 23.2 Å². The van der Waals surface area contributed by atoms with E-state index in [0.29, 0.717) is 16.0 Å². The van der Waals surface area contributed by atoms with E-state index >= 15 is 0 Å². The van der Waals surface area contributed by atoms with Crippen LogP contribution in [0.4, 0.5) is 0 Å². The fourth-order valence-electron chi connectivity index (χ4n) is 1.83. The summed E-state index contributed by atoms with van der Waals surface area (Å²) in [6, 6.07) is 5.81. The van der Waals surface area contributed by atoms with Gasteiger partial charge in [0.15, 0.2) is 0 Å². The van der Waals surface area contributed by atoms with Crippen LogP contribution in [0.2, 0.25) is 10.0 Å². The summed E-state index contributed by atoms with van der Waals surface area (Å²) in [7, 11) is 0. The summed E-state index contributed by atoms with van der Waals surface area (Å²) in [6.07, 6.45) is 1.09. The van der Waals surface area contributed by atoms with Crippen molar-refractivity contribution in [2.24, 2.45) is 5.84 Å². The quantitative estimate of drug-likeness (QED) is 0.753. The maximum atomic E-state index is 5.95. The van der Waals surface area contributed by atoms with Crippen molar-refractivity contribution in [2.45, 2.75) is 12.3 Å². The predicted octanol–water partition coefficient (Wildman–Crippen LogP) is 2.66. The maximum absolute atomic E-state index is 5.95. The van der Waals surface area contributed by atoms with Gasteiger partial charge in [0.25, 0.3) is 0 Å². The molecule has 1 aromatic rings. The summed E-state index contributed by atoms with van der Waals surface area (Å²) in [5.41, 5.74) is 1.23. The highest BCUT2D eigenvalue weighted by Gasteiger charge is 2.21. The first kappa shape index (κ1) is 10.2. The minimum absolute atomic E-state index is 0.495. The molecule has 4 heteroatoms. The summed E-state index contributed by atoms with van der Waals surface area (Å²) < 4.78 is 0. The molecule has 2 rings (SSSR count). The fraction of sp³-hybridized carbons (Fsp3) is 0.400. The largest absolute Gasteiger partial charge is 0.269 e. The topological polar surface area (TPSA) is 29.3 Å². The Morgan fingerprint density at radius 3 is 2.64 bits per heavy atom. The fourth-order valence-corrected chi connectivity index (χ4v) is 2.13. The molecule has 0 bridgehead atoms. The Bertz CT molecular complexity index is 341. The zero-order chi connectivity index (χ0) is 10.1. The zero-order valence-electron chi connectivity index (χ0n) is 7.71. The summed E-state index contributed by atoms with van der Waals surface area (Å²) in [5.74, 6) is 6.20. The second kappa shape index (κ2) is 4.07. The maximum Gasteiger partial charge on any atom is 0.0595 e. The molecule has 14 heavy (non-hydrogen) atoms. The molecule has 1 aromatic carbocycles. The van der Waals surface area contributed by atoms with Crippen molar-refractivity contribution in [3.63, 3.8) is 0 Å². The SMILES string of the molecule is NN1CCC(c2ccc(Cl)c(Cl)c2)C1. The van der Waals surface area contributed by atoms with Crippen molar-refractivity contribution >= 4 is 23.2 Å². The molecule has 76 valence electrons. The Labute approximate surface area is 93.6 Å². The average molecular weight is 231 g/mol. The van der Waals surface area contributed by atoms with Crippen LogP contribution >= 0.6 is 23.2 Å². The Morgan fingerprint density at radius 2 is 2.07 bits per heavy atom. The molecule has 0 radical (unpaired) electrons. The van der Waals surface area contributed by atoms with Gasteiger partial charge in [-0.2, -0.15) is 0 Å². The third-order valence-electron chi connectivity index (χ3n) is 2.63. The van der Waals surface area contributed by atoms with Crippen LogP contribution in [0.1, 0.15) is 17.9 Å². The lowest BCUT2D eigenvalue weighted by atomic mass is 9.99. The van der Waals surface area contributed by atoms with Crippen LogP contribution in [0.25, 0.3) is 0 Å². The van der Waals surface area contributed by atoms with Gasteiger partial charge in [-0.15, -0.1) is 0 Å². The number of halogens is 2. The Morgan fingerprint density at radius 1 is 1.29 bits per heavy atom. The van der Waals surface area contributed by atoms with E-state index < -0.39 is 0 Å². The Kier molecular flexibility index (Phi) is 2.98. The van der Waals surface area contributed by atoms with E-state index in [4.69, 9.17) is 29.0 Å². The van der Waals surface area contributed by atoms with E-state index in [9.17, 15) is 0 Å². The Balaban J connectivity index is 2.20. The standard InChI is InChI=1S/C10H12Cl2N2/c11-9-2-1-7(5-10(9)12)8-3-4-14(13)6-8/h1-2,5,8H,3-4,6,13H2. The van der Waals surface area contributed by atoms with Gasteiger partial charge in [-0.3, -0.25) is 5.84 Å². The van der Waals surface area contributed by atoms with Gasteiger partial charge in [-0.25, -0.2) is 5.01 Å². The van der Waals surface area contributed by atoms with Gasteiger partial charge in [0, 0.05) is 13.1 Å². The number of benzene rings is 1. The lowest BCUT2D eigenvalue weighted by Crippen LogP contribution is -2.27. The zero-order valence-corrected chi connectivity index (χ0v) is 9.22. The van der Waals surface area contributed by atoms with Crippen LogP contribution < -0.4 is 5.84 Å². The third kappa shape index (κ3) is 2.04. The van der Waals surface area contributed by atoms with E-state index in [1.165, 1.54) is 5.56 Å². The number of hydrogen-bond acceptors (Lipinski definition) is 2. The lowest BCUT2D eigenvalue weighted by Gasteiger charge is -2.11. The molecule has 0 aromatic heterocycles. The number of hydrazine groups is 1. The van der Waals surface area contributed by atoms with Gasteiger partial charge in [0.2, 0.25) is 0 Å². The van der Waals surface area contributed by atoms with Gasteiger partial charge < -0.3 is 0 Å². The van der Waals surface area contributed by atoms with Crippen LogP contribution in [0, 0.1) is 0 Å². The van der Waals surface area contributed by atoms with Gasteiger partial charge in [0.05, 0.1) is 10.0 Å². The molecule has 1 aliphatic heterocycles. The molecular formula is C10H12Cl2N2. The van der Waals surface area contributed by atoms with Crippen molar-refractivity contribution in [1.82, 2.24) is 5.01 Å². The first-order valence-corrected chi connectivity index (χ1v) is 5.37. The number of hydrogen-bond donors (Lipinski definition) is 1. The first-order valence-electron chi connectivity index (χ1n) is 4.61. The predicted molar refractivity (Wildman–Crippen MR) is 59.6 cm³/mol. The molecule has 0 spiro atoms. The molecule has 1 heterocycles.